The van der Waals surface area contributed by atoms with E-state index in [9.17, 15) is 23.6 Å². The third-order valence-electron chi connectivity index (χ3n) is 6.95. The van der Waals surface area contributed by atoms with Crippen LogP contribution in [-0.4, -0.2) is 72.7 Å². The summed E-state index contributed by atoms with van der Waals surface area (Å²) < 4.78 is 14.9. The molecule has 0 radical (unpaired) electrons. The van der Waals surface area contributed by atoms with Crippen molar-refractivity contribution in [1.82, 2.24) is 15.1 Å². The molecule has 0 aromatic heterocycles. The molecule has 158 valence electrons. The fourth-order valence-electron chi connectivity index (χ4n) is 5.06. The van der Waals surface area contributed by atoms with Crippen molar-refractivity contribution in [3.63, 3.8) is 0 Å². The number of carbonyl (C=O) groups excluding carboxylic acids is 4. The molecule has 1 spiro atoms. The number of nitrogens with zero attached hydrogens (tertiary/aromatic N) is 3. The van der Waals surface area contributed by atoms with E-state index in [0.717, 1.165) is 50.0 Å². The van der Waals surface area contributed by atoms with Crippen molar-refractivity contribution in [3.05, 3.63) is 29.1 Å². The maximum absolute atomic E-state index is 14.9. The number of piperidine rings is 2. The second-order valence-corrected chi connectivity index (χ2v) is 8.96. The lowest BCUT2D eigenvalue weighted by molar-refractivity contribution is -0.136. The molecule has 30 heavy (non-hydrogen) atoms. The van der Waals surface area contributed by atoms with E-state index in [1.807, 2.05) is 4.90 Å². The van der Waals surface area contributed by atoms with Crippen LogP contribution in [0.2, 0.25) is 0 Å². The molecule has 1 aromatic rings. The van der Waals surface area contributed by atoms with E-state index in [4.69, 9.17) is 0 Å². The zero-order valence-corrected chi connectivity index (χ0v) is 16.7. The maximum atomic E-state index is 14.9. The summed E-state index contributed by atoms with van der Waals surface area (Å²) in [5.74, 6) is -2.94. The topological polar surface area (TPSA) is 90.0 Å². The Morgan fingerprint density at radius 3 is 2.30 bits per heavy atom. The molecule has 3 fully saturated rings. The van der Waals surface area contributed by atoms with E-state index >= 15 is 0 Å². The van der Waals surface area contributed by atoms with Gasteiger partial charge in [0.2, 0.25) is 11.8 Å². The third-order valence-corrected chi connectivity index (χ3v) is 6.95. The van der Waals surface area contributed by atoms with Crippen LogP contribution in [0.4, 0.5) is 10.1 Å². The molecule has 1 N–H and O–H groups in total. The molecule has 4 aliphatic rings. The number of rotatable bonds is 2. The van der Waals surface area contributed by atoms with E-state index in [2.05, 4.69) is 17.3 Å². The van der Waals surface area contributed by atoms with Crippen molar-refractivity contribution in [1.29, 1.82) is 0 Å². The Bertz CT molecular complexity index is 977. The van der Waals surface area contributed by atoms with Gasteiger partial charge in [-0.15, -0.1) is 0 Å². The lowest BCUT2D eigenvalue weighted by atomic mass is 9.72. The van der Waals surface area contributed by atoms with E-state index in [0.29, 0.717) is 5.69 Å². The van der Waals surface area contributed by atoms with E-state index < -0.39 is 35.5 Å². The average Bonchev–Trinajstić information content (AvgIpc) is 2.91. The Morgan fingerprint density at radius 1 is 1.03 bits per heavy atom. The minimum atomic E-state index is -1.05. The number of hydrogen-bond acceptors (Lipinski definition) is 6. The van der Waals surface area contributed by atoms with Crippen molar-refractivity contribution in [2.75, 3.05) is 38.1 Å². The Morgan fingerprint density at radius 2 is 1.67 bits per heavy atom. The fraction of sp³-hybridized carbons (Fsp3) is 0.524. The van der Waals surface area contributed by atoms with Gasteiger partial charge in [-0.25, -0.2) is 4.39 Å². The molecule has 4 heterocycles. The quantitative estimate of drug-likeness (QED) is 0.719. The van der Waals surface area contributed by atoms with Crippen LogP contribution in [0.15, 0.2) is 12.1 Å². The molecule has 4 amide bonds. The number of benzene rings is 1. The summed E-state index contributed by atoms with van der Waals surface area (Å²) >= 11 is 0. The molecule has 0 saturated carbocycles. The van der Waals surface area contributed by atoms with E-state index in [1.54, 1.807) is 0 Å². The van der Waals surface area contributed by atoms with Gasteiger partial charge in [-0.3, -0.25) is 29.4 Å². The molecule has 5 rings (SSSR count). The van der Waals surface area contributed by atoms with Gasteiger partial charge in [0, 0.05) is 24.9 Å². The number of likely N-dealkylation sites (tertiary alicyclic amines) is 1. The van der Waals surface area contributed by atoms with Gasteiger partial charge >= 0.3 is 0 Å². The molecule has 9 heteroatoms. The normalized spacial score (nSPS) is 26.1. The zero-order valence-electron chi connectivity index (χ0n) is 16.7. The Kier molecular flexibility index (Phi) is 4.22. The molecule has 3 saturated heterocycles. The smallest absolute Gasteiger partial charge is 0.262 e. The predicted octanol–water partition coefficient (Wildman–Crippen LogP) is 0.759. The highest BCUT2D eigenvalue weighted by molar-refractivity contribution is 6.23. The maximum Gasteiger partial charge on any atom is 0.262 e. The summed E-state index contributed by atoms with van der Waals surface area (Å²) in [7, 11) is 2.10. The van der Waals surface area contributed by atoms with Gasteiger partial charge in [0.15, 0.2) is 0 Å². The first kappa shape index (κ1) is 19.2. The first-order chi connectivity index (χ1) is 14.3. The number of hydrogen-bond donors (Lipinski definition) is 1. The molecule has 1 aromatic carbocycles. The van der Waals surface area contributed by atoms with Gasteiger partial charge in [0.1, 0.15) is 11.9 Å². The van der Waals surface area contributed by atoms with Crippen LogP contribution in [0.25, 0.3) is 0 Å². The second kappa shape index (κ2) is 6.60. The largest absolute Gasteiger partial charge is 0.368 e. The van der Waals surface area contributed by atoms with Gasteiger partial charge in [-0.2, -0.15) is 0 Å². The lowest BCUT2D eigenvalue weighted by Crippen LogP contribution is -2.60. The summed E-state index contributed by atoms with van der Waals surface area (Å²) in [5.41, 5.74) is 0.604. The average molecular weight is 414 g/mol. The van der Waals surface area contributed by atoms with Gasteiger partial charge in [0.25, 0.3) is 11.8 Å². The number of anilines is 1. The number of carbonyl (C=O) groups is 4. The third kappa shape index (κ3) is 2.83. The molecule has 0 aliphatic carbocycles. The van der Waals surface area contributed by atoms with Crippen LogP contribution < -0.4 is 10.2 Å². The van der Waals surface area contributed by atoms with Crippen LogP contribution in [0.1, 0.15) is 46.4 Å². The number of nitrogens with one attached hydrogen (secondary N) is 1. The predicted molar refractivity (Wildman–Crippen MR) is 104 cm³/mol. The standard InChI is InChI=1S/C21H23FN4O4/c1-24-6-4-21(5-7-24)10-25(11-21)16-9-13-12(8-14(16)22)19(29)26(20(13)30)15-2-3-17(27)23-18(15)28/h8-9,15H,2-7,10-11H2,1H3,(H,23,27,28). The Labute approximate surface area is 173 Å². The van der Waals surface area contributed by atoms with Crippen LogP contribution >= 0.6 is 0 Å². The fourth-order valence-corrected chi connectivity index (χ4v) is 5.06. The molecular weight excluding hydrogens is 391 g/mol. The molecule has 8 nitrogen and oxygen atoms in total. The molecule has 1 atom stereocenters. The first-order valence-electron chi connectivity index (χ1n) is 10.3. The number of fused-ring (bicyclic) bond motifs is 1. The summed E-state index contributed by atoms with van der Waals surface area (Å²) in [6.45, 7) is 3.51. The van der Waals surface area contributed by atoms with Crippen molar-refractivity contribution >= 4 is 29.3 Å². The van der Waals surface area contributed by atoms with Gasteiger partial charge in [-0.1, -0.05) is 0 Å². The summed E-state index contributed by atoms with van der Waals surface area (Å²) in [6.07, 6.45) is 2.25. The van der Waals surface area contributed by atoms with Crippen LogP contribution in [0.5, 0.6) is 0 Å². The highest BCUT2D eigenvalue weighted by atomic mass is 19.1. The SMILES string of the molecule is CN1CCC2(CC1)CN(c1cc3c(cc1F)C(=O)N(C1CCC(=O)NC1=O)C3=O)C2. The van der Waals surface area contributed by atoms with Crippen LogP contribution in [0, 0.1) is 11.2 Å². The summed E-state index contributed by atoms with van der Waals surface area (Å²) in [4.78, 5) is 54.4. The second-order valence-electron chi connectivity index (χ2n) is 8.96. The Hall–Kier alpha value is -2.81. The van der Waals surface area contributed by atoms with E-state index in [-0.39, 0.29) is 29.4 Å². The summed E-state index contributed by atoms with van der Waals surface area (Å²) in [6, 6.07) is 1.50. The van der Waals surface area contributed by atoms with Gasteiger partial charge in [0.05, 0.1) is 16.8 Å². The molecule has 0 bridgehead atoms. The number of amides is 4. The lowest BCUT2D eigenvalue weighted by Gasteiger charge is -2.54. The van der Waals surface area contributed by atoms with Crippen molar-refractivity contribution in [3.8, 4) is 0 Å². The summed E-state index contributed by atoms with van der Waals surface area (Å²) in [5, 5.41) is 2.16. The highest BCUT2D eigenvalue weighted by Crippen LogP contribution is 2.44. The molecule has 4 aliphatic heterocycles. The van der Waals surface area contributed by atoms with Gasteiger partial charge in [-0.05, 0) is 51.5 Å². The first-order valence-corrected chi connectivity index (χ1v) is 10.3. The van der Waals surface area contributed by atoms with Crippen LogP contribution in [-0.2, 0) is 9.59 Å². The van der Waals surface area contributed by atoms with Crippen LogP contribution in [0.3, 0.4) is 0 Å². The van der Waals surface area contributed by atoms with Crippen molar-refractivity contribution in [2.24, 2.45) is 5.41 Å². The van der Waals surface area contributed by atoms with E-state index in [1.165, 1.54) is 6.07 Å². The van der Waals surface area contributed by atoms with Crippen molar-refractivity contribution < 1.29 is 23.6 Å². The zero-order chi connectivity index (χ0) is 21.2. The minimum absolute atomic E-state index is 0.0273. The number of imide groups is 2. The Balaban J connectivity index is 1.38. The monoisotopic (exact) mass is 414 g/mol. The van der Waals surface area contributed by atoms with Gasteiger partial charge < -0.3 is 9.80 Å². The molecular formula is C21H23FN4O4. The highest BCUT2D eigenvalue weighted by Gasteiger charge is 2.48. The number of halogens is 1. The van der Waals surface area contributed by atoms with Crippen molar-refractivity contribution in [2.45, 2.75) is 31.7 Å². The minimum Gasteiger partial charge on any atom is -0.368 e. The molecule has 1 unspecified atom stereocenters.